The van der Waals surface area contributed by atoms with Crippen molar-refractivity contribution in [2.24, 2.45) is 0 Å². The maximum Gasteiger partial charge on any atom is 0.0479 e. The SMILES string of the molecule is C[SiH](C)C1(Cc2ccccc2)C=Cc2ccccc21. The summed E-state index contributed by atoms with van der Waals surface area (Å²) in [5.74, 6) is 0. The molecule has 1 aliphatic carbocycles. The summed E-state index contributed by atoms with van der Waals surface area (Å²) in [5.41, 5.74) is 4.41. The van der Waals surface area contributed by atoms with Gasteiger partial charge in [-0.25, -0.2) is 0 Å². The van der Waals surface area contributed by atoms with Gasteiger partial charge < -0.3 is 0 Å². The molecule has 1 unspecified atom stereocenters. The minimum absolute atomic E-state index is 0.290. The molecule has 0 nitrogen and oxygen atoms in total. The van der Waals surface area contributed by atoms with E-state index in [-0.39, 0.29) is 5.04 Å². The lowest BCUT2D eigenvalue weighted by Gasteiger charge is -2.33. The number of hydrogen-bond donors (Lipinski definition) is 0. The molecule has 0 amide bonds. The Morgan fingerprint density at radius 2 is 1.58 bits per heavy atom. The van der Waals surface area contributed by atoms with Gasteiger partial charge in [-0.15, -0.1) is 0 Å². The van der Waals surface area contributed by atoms with Gasteiger partial charge in [-0.2, -0.15) is 0 Å². The van der Waals surface area contributed by atoms with Crippen LogP contribution in [0.2, 0.25) is 13.1 Å². The van der Waals surface area contributed by atoms with Gasteiger partial charge in [0.05, 0.1) is 0 Å². The molecule has 0 saturated carbocycles. The second kappa shape index (κ2) is 4.82. The molecule has 0 saturated heterocycles. The lowest BCUT2D eigenvalue weighted by molar-refractivity contribution is 0.738. The largest absolute Gasteiger partial charge is 0.0761 e. The summed E-state index contributed by atoms with van der Waals surface area (Å²) in [5, 5.41) is 0.290. The van der Waals surface area contributed by atoms with Crippen LogP contribution in [0.1, 0.15) is 16.7 Å². The van der Waals surface area contributed by atoms with E-state index in [1.54, 1.807) is 5.56 Å². The fourth-order valence-electron chi connectivity index (χ4n) is 3.19. The van der Waals surface area contributed by atoms with Gasteiger partial charge in [0.25, 0.3) is 0 Å². The molecule has 96 valence electrons. The van der Waals surface area contributed by atoms with Crippen molar-refractivity contribution in [3.8, 4) is 0 Å². The van der Waals surface area contributed by atoms with Gasteiger partial charge in [0.1, 0.15) is 0 Å². The predicted molar refractivity (Wildman–Crippen MR) is 86.2 cm³/mol. The van der Waals surface area contributed by atoms with Gasteiger partial charge in [-0.3, -0.25) is 0 Å². The summed E-state index contributed by atoms with van der Waals surface area (Å²) in [7, 11) is -0.852. The average Bonchev–Trinajstić information content (AvgIpc) is 2.81. The molecular weight excluding hydrogens is 244 g/mol. The van der Waals surface area contributed by atoms with Crippen LogP contribution in [0.5, 0.6) is 0 Å². The van der Waals surface area contributed by atoms with E-state index in [0.717, 1.165) is 6.42 Å². The first-order valence-electron chi connectivity index (χ1n) is 7.05. The van der Waals surface area contributed by atoms with Gasteiger partial charge in [0.15, 0.2) is 0 Å². The average molecular weight is 264 g/mol. The van der Waals surface area contributed by atoms with Crippen molar-refractivity contribution in [3.63, 3.8) is 0 Å². The Kier molecular flexibility index (Phi) is 3.15. The van der Waals surface area contributed by atoms with Crippen LogP contribution in [0.25, 0.3) is 6.08 Å². The van der Waals surface area contributed by atoms with Gasteiger partial charge in [-0.1, -0.05) is 79.8 Å². The van der Waals surface area contributed by atoms with Crippen molar-refractivity contribution in [2.45, 2.75) is 24.6 Å². The first kappa shape index (κ1) is 12.4. The van der Waals surface area contributed by atoms with Crippen LogP contribution in [0.3, 0.4) is 0 Å². The topological polar surface area (TPSA) is 0 Å². The van der Waals surface area contributed by atoms with Crippen LogP contribution in [-0.4, -0.2) is 8.80 Å². The third-order valence-electron chi connectivity index (χ3n) is 4.39. The standard InChI is InChI=1S/C18H20Si/c1-19(2)18(14-15-8-4-3-5-9-15)13-12-16-10-6-7-11-17(16)18/h3-13,19H,14H2,1-2H3. The van der Waals surface area contributed by atoms with Crippen LogP contribution in [-0.2, 0) is 11.5 Å². The van der Waals surface area contributed by atoms with Crippen molar-refractivity contribution in [1.29, 1.82) is 0 Å². The predicted octanol–water partition coefficient (Wildman–Crippen LogP) is 4.22. The molecule has 2 aromatic carbocycles. The van der Waals surface area contributed by atoms with Gasteiger partial charge in [0.2, 0.25) is 0 Å². The summed E-state index contributed by atoms with van der Waals surface area (Å²) >= 11 is 0. The molecule has 0 bridgehead atoms. The molecular formula is C18H20Si. The van der Waals surface area contributed by atoms with Gasteiger partial charge >= 0.3 is 0 Å². The zero-order valence-corrected chi connectivity index (χ0v) is 12.8. The maximum atomic E-state index is 2.47. The van der Waals surface area contributed by atoms with Gasteiger partial charge in [-0.05, 0) is 23.1 Å². The highest BCUT2D eigenvalue weighted by Gasteiger charge is 2.38. The van der Waals surface area contributed by atoms with Crippen molar-refractivity contribution in [2.75, 3.05) is 0 Å². The van der Waals surface area contributed by atoms with E-state index >= 15 is 0 Å². The minimum Gasteiger partial charge on any atom is -0.0761 e. The Morgan fingerprint density at radius 1 is 0.895 bits per heavy atom. The molecule has 0 spiro atoms. The molecule has 0 N–H and O–H groups in total. The Bertz CT molecular complexity index is 598. The second-order valence-corrected chi connectivity index (χ2v) is 9.12. The minimum atomic E-state index is -0.852. The Morgan fingerprint density at radius 3 is 2.32 bits per heavy atom. The fourth-order valence-corrected chi connectivity index (χ4v) is 5.20. The van der Waals surface area contributed by atoms with E-state index in [9.17, 15) is 0 Å². The quantitative estimate of drug-likeness (QED) is 0.728. The van der Waals surface area contributed by atoms with Gasteiger partial charge in [0, 0.05) is 13.8 Å². The number of fused-ring (bicyclic) bond motifs is 1. The summed E-state index contributed by atoms with van der Waals surface area (Å²) < 4.78 is 0. The van der Waals surface area contributed by atoms with Crippen molar-refractivity contribution >= 4 is 14.9 Å². The normalized spacial score (nSPS) is 20.8. The molecule has 1 atom stereocenters. The number of hydrogen-bond acceptors (Lipinski definition) is 0. The first-order valence-corrected chi connectivity index (χ1v) is 9.94. The van der Waals surface area contributed by atoms with Crippen LogP contribution in [0, 0.1) is 0 Å². The molecule has 1 aliphatic rings. The second-order valence-electron chi connectivity index (χ2n) is 5.78. The third kappa shape index (κ3) is 2.08. The highest BCUT2D eigenvalue weighted by molar-refractivity contribution is 6.60. The van der Waals surface area contributed by atoms with E-state index in [0.29, 0.717) is 0 Å². The summed E-state index contributed by atoms with van der Waals surface area (Å²) in [6, 6.07) is 19.8. The van der Waals surface area contributed by atoms with E-state index in [4.69, 9.17) is 0 Å². The third-order valence-corrected chi connectivity index (χ3v) is 7.16. The van der Waals surface area contributed by atoms with E-state index in [1.807, 2.05) is 0 Å². The van der Waals surface area contributed by atoms with Crippen molar-refractivity contribution < 1.29 is 0 Å². The fraction of sp³-hybridized carbons (Fsp3) is 0.222. The Labute approximate surface area is 117 Å². The lowest BCUT2D eigenvalue weighted by atomic mass is 9.92. The highest BCUT2D eigenvalue weighted by Crippen LogP contribution is 2.40. The molecule has 0 fully saturated rings. The molecule has 1 heteroatoms. The first-order chi connectivity index (χ1) is 9.22. The smallest absolute Gasteiger partial charge is 0.0479 e. The van der Waals surface area contributed by atoms with Crippen molar-refractivity contribution in [1.82, 2.24) is 0 Å². The van der Waals surface area contributed by atoms with Crippen molar-refractivity contribution in [3.05, 3.63) is 77.4 Å². The lowest BCUT2D eigenvalue weighted by Crippen LogP contribution is -2.38. The van der Waals surface area contributed by atoms with E-state index in [2.05, 4.69) is 79.8 Å². The number of allylic oxidation sites excluding steroid dienone is 1. The summed E-state index contributed by atoms with van der Waals surface area (Å²) in [4.78, 5) is 0. The zero-order chi connectivity index (χ0) is 13.3. The molecule has 0 aromatic heterocycles. The molecule has 3 rings (SSSR count). The molecule has 2 aromatic rings. The van der Waals surface area contributed by atoms with Crippen LogP contribution in [0.15, 0.2) is 60.7 Å². The Balaban J connectivity index is 2.06. The summed E-state index contributed by atoms with van der Waals surface area (Å²) in [6.07, 6.45) is 5.94. The van der Waals surface area contributed by atoms with Crippen LogP contribution < -0.4 is 0 Å². The highest BCUT2D eigenvalue weighted by atomic mass is 28.3. The van der Waals surface area contributed by atoms with Crippen LogP contribution in [0.4, 0.5) is 0 Å². The Hall–Kier alpha value is -1.60. The number of benzene rings is 2. The summed E-state index contributed by atoms with van der Waals surface area (Å²) in [6.45, 7) is 4.94. The molecule has 0 heterocycles. The van der Waals surface area contributed by atoms with E-state index < -0.39 is 8.80 Å². The molecule has 0 aliphatic heterocycles. The molecule has 0 radical (unpaired) electrons. The van der Waals surface area contributed by atoms with Crippen LogP contribution >= 0.6 is 0 Å². The molecule has 19 heavy (non-hydrogen) atoms. The zero-order valence-electron chi connectivity index (χ0n) is 11.6. The van der Waals surface area contributed by atoms with E-state index in [1.165, 1.54) is 11.1 Å². The monoisotopic (exact) mass is 264 g/mol. The maximum absolute atomic E-state index is 2.47. The number of rotatable bonds is 3.